The molecule has 2 heterocycles. The fraction of sp³-hybridized carbons (Fsp3) is 0.452. The van der Waals surface area contributed by atoms with E-state index >= 15 is 0 Å². The zero-order valence-electron chi connectivity index (χ0n) is 22.7. The summed E-state index contributed by atoms with van der Waals surface area (Å²) in [6.45, 7) is 10.6. The summed E-state index contributed by atoms with van der Waals surface area (Å²) < 4.78 is 1.73. The molecule has 1 aliphatic carbocycles. The first-order valence-corrected chi connectivity index (χ1v) is 13.6. The second-order valence-corrected chi connectivity index (χ2v) is 11.4. The van der Waals surface area contributed by atoms with Gasteiger partial charge >= 0.3 is 0 Å². The summed E-state index contributed by atoms with van der Waals surface area (Å²) in [5, 5.41) is 8.11. The van der Waals surface area contributed by atoms with Crippen molar-refractivity contribution in [2.24, 2.45) is 0 Å². The second-order valence-electron chi connectivity index (χ2n) is 11.4. The summed E-state index contributed by atoms with van der Waals surface area (Å²) in [7, 11) is 0. The fourth-order valence-corrected chi connectivity index (χ4v) is 5.83. The van der Waals surface area contributed by atoms with Crippen LogP contribution in [0.15, 0.2) is 48.5 Å². The molecule has 1 aliphatic heterocycles. The molecule has 6 nitrogen and oxygen atoms in total. The molecule has 1 fully saturated rings. The molecule has 0 bridgehead atoms. The Bertz CT molecular complexity index is 1300. The number of anilines is 1. The van der Waals surface area contributed by atoms with Gasteiger partial charge in [0.1, 0.15) is 11.2 Å². The number of nitrogens with zero attached hydrogens (tertiary/aromatic N) is 3. The van der Waals surface area contributed by atoms with Crippen LogP contribution in [0.3, 0.4) is 0 Å². The molecular formula is C31H38N4O2. The number of rotatable bonds is 5. The molecule has 6 heteroatoms. The lowest BCUT2D eigenvalue weighted by Crippen LogP contribution is -2.65. The summed E-state index contributed by atoms with van der Waals surface area (Å²) >= 11 is 0. The number of hydrogen-bond donors (Lipinski definition) is 1. The summed E-state index contributed by atoms with van der Waals surface area (Å²) in [4.78, 5) is 29.8. The highest BCUT2D eigenvalue weighted by atomic mass is 16.2. The average Bonchev–Trinajstić information content (AvgIpc) is 3.28. The smallest absolute Gasteiger partial charge is 0.277 e. The Hall–Kier alpha value is -3.41. The van der Waals surface area contributed by atoms with E-state index in [1.165, 1.54) is 12.0 Å². The summed E-state index contributed by atoms with van der Waals surface area (Å²) in [6.07, 6.45) is 5.45. The van der Waals surface area contributed by atoms with Gasteiger partial charge < -0.3 is 5.32 Å². The molecule has 1 saturated carbocycles. The van der Waals surface area contributed by atoms with E-state index in [-0.39, 0.29) is 17.9 Å². The molecule has 1 aromatic heterocycles. The number of fused-ring (bicyclic) bond motifs is 1. The highest BCUT2D eigenvalue weighted by molar-refractivity contribution is 6.12. The lowest BCUT2D eigenvalue weighted by atomic mass is 9.90. The number of benzene rings is 2. The van der Waals surface area contributed by atoms with Crippen molar-refractivity contribution in [3.8, 4) is 11.3 Å². The molecule has 2 amide bonds. The molecule has 0 spiro atoms. The molecule has 2 aliphatic rings. The number of aromatic nitrogens is 2. The Morgan fingerprint density at radius 3 is 2.27 bits per heavy atom. The van der Waals surface area contributed by atoms with Crippen LogP contribution >= 0.6 is 0 Å². The Balaban J connectivity index is 1.56. The molecular weight excluding hydrogens is 460 g/mol. The minimum absolute atomic E-state index is 0.115. The van der Waals surface area contributed by atoms with E-state index in [4.69, 9.17) is 5.10 Å². The maximum Gasteiger partial charge on any atom is 0.277 e. The van der Waals surface area contributed by atoms with Crippen molar-refractivity contribution in [2.45, 2.75) is 90.8 Å². The van der Waals surface area contributed by atoms with Crippen molar-refractivity contribution in [1.29, 1.82) is 0 Å². The standard InChI is InChI=1S/C31H38N4O2/c1-20(2)23-11-13-24(14-12-23)27-18-28-29(36)35(26-16-21(3)15-22(4)17-26)31(5,19-34(28)33-27)30(37)32-25-9-7-6-8-10-25/h11-18,20,25H,6-10,19H2,1-5H3,(H,32,37)/t31-/m1/s1. The molecule has 2 aromatic carbocycles. The molecule has 1 atom stereocenters. The summed E-state index contributed by atoms with van der Waals surface area (Å²) in [5.41, 5.74) is 5.24. The first-order valence-electron chi connectivity index (χ1n) is 13.6. The van der Waals surface area contributed by atoms with Crippen molar-refractivity contribution in [3.05, 3.63) is 70.9 Å². The van der Waals surface area contributed by atoms with E-state index < -0.39 is 5.54 Å². The van der Waals surface area contributed by atoms with Crippen molar-refractivity contribution in [2.75, 3.05) is 4.90 Å². The first kappa shape index (κ1) is 25.2. The molecule has 37 heavy (non-hydrogen) atoms. The van der Waals surface area contributed by atoms with Gasteiger partial charge in [-0.25, -0.2) is 0 Å². The van der Waals surface area contributed by atoms with Crippen LogP contribution in [0, 0.1) is 13.8 Å². The van der Waals surface area contributed by atoms with Crippen molar-refractivity contribution >= 4 is 17.5 Å². The van der Waals surface area contributed by atoms with Gasteiger partial charge in [-0.1, -0.05) is 63.4 Å². The third kappa shape index (κ3) is 4.81. The molecule has 194 valence electrons. The highest BCUT2D eigenvalue weighted by Gasteiger charge is 2.49. The molecule has 0 radical (unpaired) electrons. The normalized spacial score (nSPS) is 20.3. The fourth-order valence-electron chi connectivity index (χ4n) is 5.83. The quantitative estimate of drug-likeness (QED) is 0.458. The SMILES string of the molecule is Cc1cc(C)cc(N2C(=O)c3cc(-c4ccc(C(C)C)cc4)nn3C[C@]2(C)C(=O)NC2CCCCC2)c1. The van der Waals surface area contributed by atoms with Gasteiger partial charge in [0.05, 0.1) is 12.2 Å². The third-order valence-corrected chi connectivity index (χ3v) is 7.92. The van der Waals surface area contributed by atoms with Gasteiger partial charge in [-0.2, -0.15) is 5.10 Å². The zero-order valence-corrected chi connectivity index (χ0v) is 22.7. The Labute approximate surface area is 220 Å². The van der Waals surface area contributed by atoms with Crippen LogP contribution in [-0.4, -0.2) is 33.2 Å². The van der Waals surface area contributed by atoms with E-state index in [9.17, 15) is 9.59 Å². The molecule has 0 unspecified atom stereocenters. The topological polar surface area (TPSA) is 67.2 Å². The van der Waals surface area contributed by atoms with Gasteiger partial charge in [0.25, 0.3) is 5.91 Å². The lowest BCUT2D eigenvalue weighted by molar-refractivity contribution is -0.127. The van der Waals surface area contributed by atoms with Crippen LogP contribution in [0.4, 0.5) is 5.69 Å². The van der Waals surface area contributed by atoms with Gasteiger partial charge in [0.15, 0.2) is 0 Å². The number of amides is 2. The van der Waals surface area contributed by atoms with Gasteiger partial charge in [-0.3, -0.25) is 19.2 Å². The van der Waals surface area contributed by atoms with E-state index in [2.05, 4.69) is 49.5 Å². The van der Waals surface area contributed by atoms with Crippen molar-refractivity contribution < 1.29 is 9.59 Å². The van der Waals surface area contributed by atoms with Gasteiger partial charge in [0.2, 0.25) is 5.91 Å². The van der Waals surface area contributed by atoms with Crippen LogP contribution in [0.1, 0.15) is 86.0 Å². The monoisotopic (exact) mass is 498 g/mol. The second kappa shape index (κ2) is 9.81. The van der Waals surface area contributed by atoms with Gasteiger partial charge in [-0.15, -0.1) is 0 Å². The van der Waals surface area contributed by atoms with Crippen molar-refractivity contribution in [1.82, 2.24) is 15.1 Å². The molecule has 0 saturated heterocycles. The molecule has 1 N–H and O–H groups in total. The van der Waals surface area contributed by atoms with E-state index in [1.807, 2.05) is 39.0 Å². The van der Waals surface area contributed by atoms with Crippen LogP contribution in [0.5, 0.6) is 0 Å². The van der Waals surface area contributed by atoms with Gasteiger partial charge in [-0.05, 0) is 74.4 Å². The minimum atomic E-state index is -1.10. The number of carbonyl (C=O) groups excluding carboxylic acids is 2. The Morgan fingerprint density at radius 2 is 1.65 bits per heavy atom. The maximum absolute atomic E-state index is 14.1. The summed E-state index contributed by atoms with van der Waals surface area (Å²) in [6, 6.07) is 16.4. The van der Waals surface area contributed by atoms with Crippen LogP contribution < -0.4 is 10.2 Å². The minimum Gasteiger partial charge on any atom is -0.351 e. The predicted molar refractivity (Wildman–Crippen MR) is 148 cm³/mol. The van der Waals surface area contributed by atoms with Gasteiger partial charge in [0, 0.05) is 17.3 Å². The third-order valence-electron chi connectivity index (χ3n) is 7.92. The van der Waals surface area contributed by atoms with Crippen LogP contribution in [0.25, 0.3) is 11.3 Å². The van der Waals surface area contributed by atoms with E-state index in [0.717, 1.165) is 53.8 Å². The Morgan fingerprint density at radius 1 is 1.00 bits per heavy atom. The first-order chi connectivity index (χ1) is 17.7. The van der Waals surface area contributed by atoms with E-state index in [0.29, 0.717) is 18.2 Å². The molecule has 5 rings (SSSR count). The Kier molecular flexibility index (Phi) is 6.69. The van der Waals surface area contributed by atoms with Crippen molar-refractivity contribution in [3.63, 3.8) is 0 Å². The number of nitrogens with one attached hydrogen (secondary N) is 1. The largest absolute Gasteiger partial charge is 0.351 e. The lowest BCUT2D eigenvalue weighted by Gasteiger charge is -2.44. The number of hydrogen-bond acceptors (Lipinski definition) is 3. The van der Waals surface area contributed by atoms with E-state index in [1.54, 1.807) is 9.58 Å². The zero-order chi connectivity index (χ0) is 26.3. The highest BCUT2D eigenvalue weighted by Crippen LogP contribution is 2.35. The molecule has 3 aromatic rings. The van der Waals surface area contributed by atoms with Crippen LogP contribution in [-0.2, 0) is 11.3 Å². The van der Waals surface area contributed by atoms with Crippen LogP contribution in [0.2, 0.25) is 0 Å². The number of carbonyl (C=O) groups is 2. The average molecular weight is 499 g/mol. The summed E-state index contributed by atoms with van der Waals surface area (Å²) in [5.74, 6) is 0.131. The predicted octanol–water partition coefficient (Wildman–Crippen LogP) is 6.16. The number of aryl methyl sites for hydroxylation is 2. The maximum atomic E-state index is 14.1.